The molecule has 0 saturated heterocycles. The van der Waals surface area contributed by atoms with Crippen molar-refractivity contribution in [3.05, 3.63) is 42.0 Å². The average Bonchev–Trinajstić information content (AvgIpc) is 2.68. The first-order chi connectivity index (χ1) is 8.13. The highest BCUT2D eigenvalue weighted by atomic mass is 16.3. The largest absolute Gasteiger partial charge is 0.369 e. The highest BCUT2D eigenvalue weighted by Crippen LogP contribution is 2.21. The van der Waals surface area contributed by atoms with Crippen LogP contribution in [0.2, 0.25) is 0 Å². The van der Waals surface area contributed by atoms with Gasteiger partial charge in [0.2, 0.25) is 0 Å². The summed E-state index contributed by atoms with van der Waals surface area (Å²) >= 11 is 0. The molecule has 1 unspecified atom stereocenters. The van der Waals surface area contributed by atoms with Gasteiger partial charge in [-0.15, -0.1) is 0 Å². The molecule has 1 heterocycles. The molecule has 0 radical (unpaired) electrons. The molecular weight excluding hydrogens is 222 g/mol. The van der Waals surface area contributed by atoms with Gasteiger partial charge >= 0.3 is 0 Å². The van der Waals surface area contributed by atoms with Crippen LogP contribution in [0.5, 0.6) is 0 Å². The number of benzene rings is 1. The Labute approximate surface area is 97.3 Å². The van der Waals surface area contributed by atoms with Crippen molar-refractivity contribution >= 4 is 17.5 Å². The van der Waals surface area contributed by atoms with Gasteiger partial charge in [0.05, 0.1) is 0 Å². The second-order valence-corrected chi connectivity index (χ2v) is 3.50. The van der Waals surface area contributed by atoms with Crippen molar-refractivity contribution in [1.29, 1.82) is 0 Å². The fourth-order valence-corrected chi connectivity index (χ4v) is 1.60. The lowest BCUT2D eigenvalue weighted by Gasteiger charge is -2.20. The Morgan fingerprint density at radius 3 is 2.47 bits per heavy atom. The van der Waals surface area contributed by atoms with Gasteiger partial charge in [0.25, 0.3) is 11.8 Å². The summed E-state index contributed by atoms with van der Waals surface area (Å²) in [5.41, 5.74) is 2.90. The second kappa shape index (κ2) is 4.36. The summed E-state index contributed by atoms with van der Waals surface area (Å²) in [7, 11) is 0. The van der Waals surface area contributed by atoms with Gasteiger partial charge in [-0.2, -0.15) is 0 Å². The van der Waals surface area contributed by atoms with E-state index in [4.69, 9.17) is 5.84 Å². The summed E-state index contributed by atoms with van der Waals surface area (Å²) in [6.07, 6.45) is 1.73. The van der Waals surface area contributed by atoms with Gasteiger partial charge in [0.15, 0.2) is 6.23 Å². The van der Waals surface area contributed by atoms with E-state index >= 15 is 0 Å². The summed E-state index contributed by atoms with van der Waals surface area (Å²) < 4.78 is 0. The number of nitrogens with zero attached hydrogens (tertiary/aromatic N) is 1. The van der Waals surface area contributed by atoms with Crippen LogP contribution in [-0.4, -0.2) is 23.1 Å². The number of carbonyl (C=O) groups excluding carboxylic acids is 2. The number of carbonyl (C=O) groups is 2. The van der Waals surface area contributed by atoms with E-state index in [0.717, 1.165) is 0 Å². The first-order valence-corrected chi connectivity index (χ1v) is 4.94. The van der Waals surface area contributed by atoms with Crippen LogP contribution in [0, 0.1) is 0 Å². The number of amides is 2. The van der Waals surface area contributed by atoms with Crippen LogP contribution in [0.1, 0.15) is 10.4 Å². The van der Waals surface area contributed by atoms with E-state index in [0.29, 0.717) is 11.3 Å². The zero-order chi connectivity index (χ0) is 12.4. The van der Waals surface area contributed by atoms with E-state index in [9.17, 15) is 14.7 Å². The molecule has 0 bridgehead atoms. The van der Waals surface area contributed by atoms with Crippen molar-refractivity contribution in [1.82, 2.24) is 5.43 Å². The number of nitrogens with two attached hydrogens (primary N) is 1. The standard InChI is InChI=1S/C11H11N3O3/c12-13-11(17)7-1-3-8(4-2-7)14-9(15)5-6-10(14)16/h1-6,9,15H,12H2,(H,13,17). The lowest BCUT2D eigenvalue weighted by Crippen LogP contribution is -2.33. The van der Waals surface area contributed by atoms with Gasteiger partial charge in [-0.05, 0) is 30.3 Å². The van der Waals surface area contributed by atoms with Crippen molar-refractivity contribution < 1.29 is 14.7 Å². The Morgan fingerprint density at radius 2 is 2.00 bits per heavy atom. The number of rotatable bonds is 2. The number of hydrogen-bond acceptors (Lipinski definition) is 4. The minimum absolute atomic E-state index is 0.298. The maximum atomic E-state index is 11.4. The van der Waals surface area contributed by atoms with Gasteiger partial charge in [0.1, 0.15) is 0 Å². The Hall–Kier alpha value is -2.18. The lowest BCUT2D eigenvalue weighted by atomic mass is 10.2. The van der Waals surface area contributed by atoms with Gasteiger partial charge in [-0.25, -0.2) is 5.84 Å². The molecule has 6 heteroatoms. The summed E-state index contributed by atoms with van der Waals surface area (Å²) in [5.74, 6) is 4.28. The lowest BCUT2D eigenvalue weighted by molar-refractivity contribution is -0.114. The highest BCUT2D eigenvalue weighted by molar-refractivity contribution is 6.04. The number of nitrogen functional groups attached to an aromatic ring is 1. The fraction of sp³-hybridized carbons (Fsp3) is 0.0909. The topological polar surface area (TPSA) is 95.7 Å². The summed E-state index contributed by atoms with van der Waals surface area (Å²) in [4.78, 5) is 23.8. The predicted molar refractivity (Wildman–Crippen MR) is 60.7 cm³/mol. The van der Waals surface area contributed by atoms with E-state index < -0.39 is 12.1 Å². The van der Waals surface area contributed by atoms with Crippen LogP contribution in [0.4, 0.5) is 5.69 Å². The van der Waals surface area contributed by atoms with E-state index in [-0.39, 0.29) is 5.91 Å². The molecule has 17 heavy (non-hydrogen) atoms. The number of aliphatic hydroxyl groups is 1. The first-order valence-electron chi connectivity index (χ1n) is 4.94. The third-order valence-corrected chi connectivity index (χ3v) is 2.45. The predicted octanol–water partition coefficient (Wildman–Crippen LogP) is -0.489. The number of hydrogen-bond donors (Lipinski definition) is 3. The third-order valence-electron chi connectivity index (χ3n) is 2.45. The van der Waals surface area contributed by atoms with E-state index in [2.05, 4.69) is 0 Å². The van der Waals surface area contributed by atoms with Crippen LogP contribution in [0.25, 0.3) is 0 Å². The molecule has 0 spiro atoms. The maximum Gasteiger partial charge on any atom is 0.265 e. The Bertz CT molecular complexity index is 481. The molecule has 1 aromatic carbocycles. The zero-order valence-electron chi connectivity index (χ0n) is 8.83. The van der Waals surface area contributed by atoms with Crippen LogP contribution in [0.3, 0.4) is 0 Å². The molecule has 2 rings (SSSR count). The SMILES string of the molecule is NNC(=O)c1ccc(N2C(=O)C=CC2O)cc1. The molecular formula is C11H11N3O3. The van der Waals surface area contributed by atoms with Gasteiger partial charge in [-0.3, -0.25) is 19.9 Å². The van der Waals surface area contributed by atoms with E-state index in [1.54, 1.807) is 12.1 Å². The highest BCUT2D eigenvalue weighted by Gasteiger charge is 2.25. The molecule has 0 aliphatic carbocycles. The summed E-state index contributed by atoms with van der Waals surface area (Å²) in [6, 6.07) is 6.18. The number of hydrazine groups is 1. The zero-order valence-corrected chi connectivity index (χ0v) is 8.83. The smallest absolute Gasteiger partial charge is 0.265 e. The van der Waals surface area contributed by atoms with Crippen molar-refractivity contribution in [2.75, 3.05) is 4.90 Å². The third kappa shape index (κ3) is 2.03. The summed E-state index contributed by atoms with van der Waals surface area (Å²) in [5, 5.41) is 9.56. The minimum atomic E-state index is -0.961. The average molecular weight is 233 g/mol. The van der Waals surface area contributed by atoms with Crippen LogP contribution in [-0.2, 0) is 4.79 Å². The van der Waals surface area contributed by atoms with Crippen LogP contribution < -0.4 is 16.2 Å². The van der Waals surface area contributed by atoms with E-state index in [1.165, 1.54) is 29.2 Å². The Morgan fingerprint density at radius 1 is 1.35 bits per heavy atom. The molecule has 0 saturated carbocycles. The molecule has 0 aromatic heterocycles. The minimum Gasteiger partial charge on any atom is -0.369 e. The van der Waals surface area contributed by atoms with Gasteiger partial charge in [-0.1, -0.05) is 0 Å². The van der Waals surface area contributed by atoms with Gasteiger partial charge < -0.3 is 5.11 Å². The number of nitrogens with one attached hydrogen (secondary N) is 1. The molecule has 1 atom stereocenters. The maximum absolute atomic E-state index is 11.4. The van der Waals surface area contributed by atoms with Crippen LogP contribution >= 0.6 is 0 Å². The number of anilines is 1. The fourth-order valence-electron chi connectivity index (χ4n) is 1.60. The van der Waals surface area contributed by atoms with Crippen molar-refractivity contribution in [2.24, 2.45) is 5.84 Å². The van der Waals surface area contributed by atoms with Crippen molar-refractivity contribution in [2.45, 2.75) is 6.23 Å². The molecule has 1 aliphatic heterocycles. The van der Waals surface area contributed by atoms with Crippen molar-refractivity contribution in [3.63, 3.8) is 0 Å². The second-order valence-electron chi connectivity index (χ2n) is 3.50. The van der Waals surface area contributed by atoms with Crippen molar-refractivity contribution in [3.8, 4) is 0 Å². The molecule has 2 amide bonds. The first kappa shape index (κ1) is 11.3. The summed E-state index contributed by atoms with van der Waals surface area (Å²) in [6.45, 7) is 0. The molecule has 1 aliphatic rings. The van der Waals surface area contributed by atoms with Crippen LogP contribution in [0.15, 0.2) is 36.4 Å². The van der Waals surface area contributed by atoms with E-state index in [1.807, 2.05) is 5.43 Å². The molecule has 6 nitrogen and oxygen atoms in total. The molecule has 88 valence electrons. The normalized spacial score (nSPS) is 18.6. The monoisotopic (exact) mass is 233 g/mol. The molecule has 0 fully saturated rings. The molecule has 4 N–H and O–H groups in total. The Kier molecular flexibility index (Phi) is 2.90. The molecule has 1 aromatic rings. The Balaban J connectivity index is 2.24. The number of aliphatic hydroxyl groups excluding tert-OH is 1. The quantitative estimate of drug-likeness (QED) is 0.365. The van der Waals surface area contributed by atoms with Gasteiger partial charge in [0, 0.05) is 17.3 Å².